The summed E-state index contributed by atoms with van der Waals surface area (Å²) >= 11 is 0. The van der Waals surface area contributed by atoms with Crippen molar-refractivity contribution in [3.63, 3.8) is 0 Å². The van der Waals surface area contributed by atoms with E-state index in [1.54, 1.807) is 20.8 Å². The van der Waals surface area contributed by atoms with Crippen molar-refractivity contribution in [2.45, 2.75) is 38.3 Å². The zero-order valence-electron chi connectivity index (χ0n) is 13.6. The maximum Gasteiger partial charge on any atom is 0.408 e. The van der Waals surface area contributed by atoms with E-state index in [0.29, 0.717) is 0 Å². The molecule has 0 bridgehead atoms. The number of carboxylic acids is 1. The Morgan fingerprint density at radius 1 is 1.30 bits per heavy atom. The van der Waals surface area contributed by atoms with Crippen molar-refractivity contribution < 1.29 is 32.6 Å². The molecule has 1 aliphatic rings. The second-order valence-electron chi connectivity index (χ2n) is 6.65. The van der Waals surface area contributed by atoms with Gasteiger partial charge in [-0.15, -0.1) is 0 Å². The SMILES string of the molecule is CC(C)(C)OC(=O)NC1(C(=O)O)CCN(C(=O)CS(C)(=O)=O)C1. The predicted octanol–water partition coefficient (Wildman–Crippen LogP) is -0.389. The summed E-state index contributed by atoms with van der Waals surface area (Å²) in [5.74, 6) is -2.70. The molecule has 23 heavy (non-hydrogen) atoms. The van der Waals surface area contributed by atoms with E-state index in [-0.39, 0.29) is 19.5 Å². The van der Waals surface area contributed by atoms with Crippen molar-refractivity contribution in [2.75, 3.05) is 25.1 Å². The third-order valence-electron chi connectivity index (χ3n) is 3.16. The Kier molecular flexibility index (Phi) is 5.30. The number of carboxylic acid groups (broad SMARTS) is 1. The molecule has 0 spiro atoms. The van der Waals surface area contributed by atoms with Gasteiger partial charge in [0.15, 0.2) is 15.4 Å². The number of rotatable bonds is 4. The van der Waals surface area contributed by atoms with Crippen LogP contribution in [0.2, 0.25) is 0 Å². The fraction of sp³-hybridized carbons (Fsp3) is 0.769. The molecule has 0 radical (unpaired) electrons. The van der Waals surface area contributed by atoms with Crippen molar-refractivity contribution in [1.29, 1.82) is 0 Å². The summed E-state index contributed by atoms with van der Waals surface area (Å²) in [5, 5.41) is 11.7. The summed E-state index contributed by atoms with van der Waals surface area (Å²) in [6.45, 7) is 4.64. The number of hydrogen-bond donors (Lipinski definition) is 2. The number of ether oxygens (including phenoxy) is 1. The number of likely N-dealkylation sites (tertiary alicyclic amines) is 1. The summed E-state index contributed by atoms with van der Waals surface area (Å²) in [5.41, 5.74) is -2.48. The molecule has 132 valence electrons. The number of sulfone groups is 1. The highest BCUT2D eigenvalue weighted by Gasteiger charge is 2.48. The summed E-state index contributed by atoms with van der Waals surface area (Å²) in [6.07, 6.45) is -0.0149. The highest BCUT2D eigenvalue weighted by Crippen LogP contribution is 2.23. The monoisotopic (exact) mass is 350 g/mol. The van der Waals surface area contributed by atoms with Crippen LogP contribution in [0.1, 0.15) is 27.2 Å². The number of alkyl carbamates (subject to hydrolysis) is 1. The Balaban J connectivity index is 2.83. The minimum absolute atomic E-state index is 0.0307. The second-order valence-corrected chi connectivity index (χ2v) is 8.79. The molecule has 1 fully saturated rings. The molecule has 2 N–H and O–H groups in total. The van der Waals surface area contributed by atoms with Crippen molar-refractivity contribution in [1.82, 2.24) is 10.2 Å². The molecular formula is C13H22N2O7S. The van der Waals surface area contributed by atoms with Crippen LogP contribution in [0.3, 0.4) is 0 Å². The molecule has 1 saturated heterocycles. The third-order valence-corrected chi connectivity index (χ3v) is 3.93. The first-order chi connectivity index (χ1) is 10.2. The normalized spacial score (nSPS) is 21.8. The largest absolute Gasteiger partial charge is 0.479 e. The van der Waals surface area contributed by atoms with E-state index in [4.69, 9.17) is 4.74 Å². The minimum atomic E-state index is -3.52. The Hall–Kier alpha value is -1.84. The lowest BCUT2D eigenvalue weighted by atomic mass is 9.99. The molecule has 1 aliphatic heterocycles. The number of carbonyl (C=O) groups excluding carboxylic acids is 2. The maximum absolute atomic E-state index is 11.9. The van der Waals surface area contributed by atoms with Gasteiger partial charge in [0.05, 0.1) is 6.54 Å². The van der Waals surface area contributed by atoms with Crippen LogP contribution in [0, 0.1) is 0 Å². The summed E-state index contributed by atoms with van der Waals surface area (Å²) < 4.78 is 27.4. The highest BCUT2D eigenvalue weighted by atomic mass is 32.2. The Bertz CT molecular complexity index is 608. The fourth-order valence-electron chi connectivity index (χ4n) is 2.17. The molecule has 1 atom stereocenters. The van der Waals surface area contributed by atoms with Gasteiger partial charge in [-0.3, -0.25) is 4.79 Å². The van der Waals surface area contributed by atoms with E-state index in [1.165, 1.54) is 0 Å². The smallest absolute Gasteiger partial charge is 0.408 e. The first-order valence-corrected chi connectivity index (χ1v) is 9.00. The standard InChI is InChI=1S/C13H22N2O7S/c1-12(2,3)22-11(19)14-13(10(17)18)5-6-15(8-13)9(16)7-23(4,20)21/h5-8H2,1-4H3,(H,14,19)(H,17,18). The summed E-state index contributed by atoms with van der Waals surface area (Å²) in [7, 11) is -3.52. The van der Waals surface area contributed by atoms with Gasteiger partial charge in [-0.05, 0) is 20.8 Å². The quantitative estimate of drug-likeness (QED) is 0.706. The van der Waals surface area contributed by atoms with Gasteiger partial charge >= 0.3 is 12.1 Å². The molecule has 1 unspecified atom stereocenters. The van der Waals surface area contributed by atoms with Crippen LogP contribution in [-0.2, 0) is 24.2 Å². The Labute approximate surface area is 134 Å². The number of hydrogen-bond acceptors (Lipinski definition) is 6. The van der Waals surface area contributed by atoms with E-state index in [1.807, 2.05) is 0 Å². The first kappa shape index (κ1) is 19.2. The lowest BCUT2D eigenvalue weighted by Gasteiger charge is -2.28. The van der Waals surface area contributed by atoms with Crippen LogP contribution >= 0.6 is 0 Å². The van der Waals surface area contributed by atoms with Gasteiger partial charge in [0.25, 0.3) is 0 Å². The average Bonchev–Trinajstić information content (AvgIpc) is 2.69. The molecule has 1 heterocycles. The number of nitrogens with one attached hydrogen (secondary N) is 1. The summed E-state index contributed by atoms with van der Waals surface area (Å²) in [4.78, 5) is 36.4. The number of nitrogens with zero attached hydrogens (tertiary/aromatic N) is 1. The first-order valence-electron chi connectivity index (χ1n) is 6.94. The molecule has 0 aromatic heterocycles. The number of amides is 2. The van der Waals surface area contributed by atoms with Gasteiger partial charge in [0.1, 0.15) is 11.4 Å². The lowest BCUT2D eigenvalue weighted by Crippen LogP contribution is -2.57. The molecule has 10 heteroatoms. The molecule has 9 nitrogen and oxygen atoms in total. The minimum Gasteiger partial charge on any atom is -0.479 e. The molecule has 0 aromatic carbocycles. The van der Waals surface area contributed by atoms with E-state index in [0.717, 1.165) is 11.2 Å². The maximum atomic E-state index is 11.9. The molecule has 2 amide bonds. The topological polar surface area (TPSA) is 130 Å². The van der Waals surface area contributed by atoms with Crippen LogP contribution in [0.5, 0.6) is 0 Å². The zero-order chi connectivity index (χ0) is 18.1. The third kappa shape index (κ3) is 5.70. The van der Waals surface area contributed by atoms with Crippen LogP contribution in [0.15, 0.2) is 0 Å². The van der Waals surface area contributed by atoms with E-state index >= 15 is 0 Å². The molecule has 1 rings (SSSR count). The van der Waals surface area contributed by atoms with E-state index < -0.39 is 44.7 Å². The predicted molar refractivity (Wildman–Crippen MR) is 80.6 cm³/mol. The molecule has 0 saturated carbocycles. The van der Waals surface area contributed by atoms with Crippen molar-refractivity contribution in [3.8, 4) is 0 Å². The van der Waals surface area contributed by atoms with Crippen molar-refractivity contribution in [3.05, 3.63) is 0 Å². The van der Waals surface area contributed by atoms with E-state index in [9.17, 15) is 27.9 Å². The number of carbonyl (C=O) groups is 3. The summed E-state index contributed by atoms with van der Waals surface area (Å²) in [6, 6.07) is 0. The van der Waals surface area contributed by atoms with Crippen LogP contribution in [-0.4, -0.2) is 72.6 Å². The van der Waals surface area contributed by atoms with Crippen LogP contribution < -0.4 is 5.32 Å². The van der Waals surface area contributed by atoms with Gasteiger partial charge in [-0.1, -0.05) is 0 Å². The Morgan fingerprint density at radius 3 is 2.30 bits per heavy atom. The van der Waals surface area contributed by atoms with Crippen molar-refractivity contribution in [2.24, 2.45) is 0 Å². The van der Waals surface area contributed by atoms with Gasteiger partial charge in [0.2, 0.25) is 5.91 Å². The highest BCUT2D eigenvalue weighted by molar-refractivity contribution is 7.91. The molecule has 0 aliphatic carbocycles. The van der Waals surface area contributed by atoms with Gasteiger partial charge in [0, 0.05) is 19.2 Å². The van der Waals surface area contributed by atoms with Crippen LogP contribution in [0.4, 0.5) is 4.79 Å². The lowest BCUT2D eigenvalue weighted by molar-refractivity contribution is -0.144. The number of aliphatic carboxylic acids is 1. The van der Waals surface area contributed by atoms with Crippen molar-refractivity contribution >= 4 is 27.8 Å². The zero-order valence-corrected chi connectivity index (χ0v) is 14.4. The van der Waals surface area contributed by atoms with Gasteiger partial charge in [-0.2, -0.15) is 0 Å². The van der Waals surface area contributed by atoms with E-state index in [2.05, 4.69) is 5.32 Å². The second kappa shape index (κ2) is 6.34. The van der Waals surface area contributed by atoms with Gasteiger partial charge < -0.3 is 20.1 Å². The molecular weight excluding hydrogens is 328 g/mol. The Morgan fingerprint density at radius 2 is 1.87 bits per heavy atom. The molecule has 0 aromatic rings. The van der Waals surface area contributed by atoms with Gasteiger partial charge in [-0.25, -0.2) is 18.0 Å². The average molecular weight is 350 g/mol. The van der Waals surface area contributed by atoms with Crippen LogP contribution in [0.25, 0.3) is 0 Å². The fourth-order valence-corrected chi connectivity index (χ4v) is 2.80.